The highest BCUT2D eigenvalue weighted by atomic mass is 19.1. The summed E-state index contributed by atoms with van der Waals surface area (Å²) in [5.41, 5.74) is 1.72. The monoisotopic (exact) mass is 381 g/mol. The molecule has 0 radical (unpaired) electrons. The molecule has 0 bridgehead atoms. The van der Waals surface area contributed by atoms with Crippen molar-refractivity contribution in [2.24, 2.45) is 0 Å². The van der Waals surface area contributed by atoms with Crippen LogP contribution in [0.5, 0.6) is 5.75 Å². The fourth-order valence-corrected chi connectivity index (χ4v) is 2.74. The molecule has 0 aliphatic rings. The summed E-state index contributed by atoms with van der Waals surface area (Å²) in [5.74, 6) is 0.412. The molecule has 0 aliphatic heterocycles. The fraction of sp³-hybridized carbons (Fsp3) is 0.190. The van der Waals surface area contributed by atoms with Gasteiger partial charge in [-0.3, -0.25) is 14.2 Å². The third kappa shape index (κ3) is 4.62. The molecule has 0 fully saturated rings. The van der Waals surface area contributed by atoms with Crippen LogP contribution in [0.4, 0.5) is 4.39 Å². The van der Waals surface area contributed by atoms with Crippen LogP contribution in [0.25, 0.3) is 11.4 Å². The first-order valence-electron chi connectivity index (χ1n) is 8.70. The number of nitrogens with one attached hydrogen (secondary N) is 1. The Bertz CT molecular complexity index is 1030. The van der Waals surface area contributed by atoms with Crippen molar-refractivity contribution in [3.05, 3.63) is 82.0 Å². The van der Waals surface area contributed by atoms with Crippen LogP contribution in [-0.2, 0) is 17.9 Å². The van der Waals surface area contributed by atoms with Gasteiger partial charge in [0, 0.05) is 23.9 Å². The highest BCUT2D eigenvalue weighted by Gasteiger charge is 2.13. The number of carbonyl (C=O) groups excluding carboxylic acids is 1. The zero-order valence-corrected chi connectivity index (χ0v) is 15.6. The van der Waals surface area contributed by atoms with Gasteiger partial charge in [0.15, 0.2) is 0 Å². The van der Waals surface area contributed by atoms with Gasteiger partial charge in [-0.15, -0.1) is 0 Å². The molecule has 1 N–H and O–H groups in total. The Balaban J connectivity index is 1.81. The minimum Gasteiger partial charge on any atom is -0.497 e. The van der Waals surface area contributed by atoms with E-state index in [1.54, 1.807) is 50.4 Å². The Morgan fingerprint density at radius 3 is 2.46 bits per heavy atom. The maximum atomic E-state index is 13.0. The minimum absolute atomic E-state index is 0.172. The number of ether oxygens (including phenoxy) is 1. The van der Waals surface area contributed by atoms with Gasteiger partial charge in [-0.2, -0.15) is 0 Å². The second-order valence-corrected chi connectivity index (χ2v) is 6.28. The molecule has 3 rings (SSSR count). The number of halogens is 1. The van der Waals surface area contributed by atoms with E-state index in [4.69, 9.17) is 4.74 Å². The van der Waals surface area contributed by atoms with Crippen molar-refractivity contribution in [2.45, 2.75) is 20.0 Å². The summed E-state index contributed by atoms with van der Waals surface area (Å²) < 4.78 is 19.4. The van der Waals surface area contributed by atoms with Crippen LogP contribution in [0, 0.1) is 12.7 Å². The van der Waals surface area contributed by atoms with Crippen LogP contribution in [-0.4, -0.2) is 22.6 Å². The third-order valence-electron chi connectivity index (χ3n) is 4.19. The van der Waals surface area contributed by atoms with Crippen molar-refractivity contribution in [1.82, 2.24) is 14.9 Å². The molecule has 1 heterocycles. The molecule has 7 heteroatoms. The summed E-state index contributed by atoms with van der Waals surface area (Å²) >= 11 is 0. The predicted molar refractivity (Wildman–Crippen MR) is 103 cm³/mol. The van der Waals surface area contributed by atoms with E-state index in [2.05, 4.69) is 10.3 Å². The van der Waals surface area contributed by atoms with Crippen LogP contribution in [0.1, 0.15) is 11.3 Å². The van der Waals surface area contributed by atoms with Crippen molar-refractivity contribution in [3.63, 3.8) is 0 Å². The lowest BCUT2D eigenvalue weighted by Crippen LogP contribution is -2.33. The lowest BCUT2D eigenvalue weighted by molar-refractivity contribution is -0.121. The Morgan fingerprint density at radius 1 is 1.14 bits per heavy atom. The smallest absolute Gasteiger partial charge is 0.254 e. The molecule has 0 atom stereocenters. The summed E-state index contributed by atoms with van der Waals surface area (Å²) in [7, 11) is 1.57. The normalized spacial score (nSPS) is 10.5. The standard InChI is InChI=1S/C21H20FN3O3/c1-14-11-20(27)25(21(24-14)16-5-9-18(28-2)10-6-16)13-19(26)23-12-15-3-7-17(22)8-4-15/h3-11H,12-13H2,1-2H3,(H,23,26). The lowest BCUT2D eigenvalue weighted by Gasteiger charge is -2.13. The average molecular weight is 381 g/mol. The van der Waals surface area contributed by atoms with Crippen LogP contribution in [0.2, 0.25) is 0 Å². The summed E-state index contributed by atoms with van der Waals surface area (Å²) in [6.45, 7) is 1.80. The number of carbonyl (C=O) groups is 1. The second kappa shape index (κ2) is 8.47. The summed E-state index contributed by atoms with van der Waals surface area (Å²) in [4.78, 5) is 29.3. The lowest BCUT2D eigenvalue weighted by atomic mass is 10.2. The van der Waals surface area contributed by atoms with Crippen molar-refractivity contribution in [1.29, 1.82) is 0 Å². The van der Waals surface area contributed by atoms with Gasteiger partial charge in [-0.25, -0.2) is 9.37 Å². The summed E-state index contributed by atoms with van der Waals surface area (Å²) in [6.07, 6.45) is 0. The number of aryl methyl sites for hydroxylation is 1. The number of hydrogen-bond acceptors (Lipinski definition) is 4. The number of aromatic nitrogens is 2. The first kappa shape index (κ1) is 19.3. The van der Waals surface area contributed by atoms with Crippen molar-refractivity contribution in [2.75, 3.05) is 7.11 Å². The Hall–Kier alpha value is -3.48. The van der Waals surface area contributed by atoms with E-state index in [1.807, 2.05) is 0 Å². The van der Waals surface area contributed by atoms with Gasteiger partial charge in [0.05, 0.1) is 7.11 Å². The topological polar surface area (TPSA) is 73.2 Å². The molecule has 144 valence electrons. The second-order valence-electron chi connectivity index (χ2n) is 6.28. The number of methoxy groups -OCH3 is 1. The Kier molecular flexibility index (Phi) is 5.84. The van der Waals surface area contributed by atoms with Gasteiger partial charge in [0.1, 0.15) is 23.9 Å². The molecular weight excluding hydrogens is 361 g/mol. The van der Waals surface area contributed by atoms with E-state index in [9.17, 15) is 14.0 Å². The zero-order valence-electron chi connectivity index (χ0n) is 15.6. The summed E-state index contributed by atoms with van der Waals surface area (Å²) in [6, 6.07) is 14.3. The van der Waals surface area contributed by atoms with Crippen LogP contribution in [0.15, 0.2) is 59.4 Å². The maximum Gasteiger partial charge on any atom is 0.254 e. The van der Waals surface area contributed by atoms with Gasteiger partial charge in [-0.05, 0) is 48.9 Å². The number of hydrogen-bond donors (Lipinski definition) is 1. The molecule has 6 nitrogen and oxygen atoms in total. The van der Waals surface area contributed by atoms with E-state index in [-0.39, 0.29) is 30.4 Å². The quantitative estimate of drug-likeness (QED) is 0.713. The van der Waals surface area contributed by atoms with E-state index in [0.29, 0.717) is 22.8 Å². The highest BCUT2D eigenvalue weighted by molar-refractivity contribution is 5.76. The number of benzene rings is 2. The third-order valence-corrected chi connectivity index (χ3v) is 4.19. The van der Waals surface area contributed by atoms with E-state index >= 15 is 0 Å². The molecule has 2 aromatic carbocycles. The van der Waals surface area contributed by atoms with E-state index in [0.717, 1.165) is 5.56 Å². The number of rotatable bonds is 6. The molecule has 3 aromatic rings. The molecule has 0 spiro atoms. The van der Waals surface area contributed by atoms with Crippen molar-refractivity contribution in [3.8, 4) is 17.1 Å². The molecule has 28 heavy (non-hydrogen) atoms. The van der Waals surface area contributed by atoms with Crippen molar-refractivity contribution < 1.29 is 13.9 Å². The molecule has 0 aliphatic carbocycles. The van der Waals surface area contributed by atoms with Gasteiger partial charge < -0.3 is 10.1 Å². The van der Waals surface area contributed by atoms with Crippen LogP contribution >= 0.6 is 0 Å². The molecule has 0 saturated carbocycles. The zero-order chi connectivity index (χ0) is 20.1. The Morgan fingerprint density at radius 2 is 1.82 bits per heavy atom. The van der Waals surface area contributed by atoms with Crippen molar-refractivity contribution >= 4 is 5.91 Å². The SMILES string of the molecule is COc1ccc(-c2nc(C)cc(=O)n2CC(=O)NCc2ccc(F)cc2)cc1. The first-order chi connectivity index (χ1) is 13.5. The molecule has 0 unspecified atom stereocenters. The number of nitrogens with zero attached hydrogens (tertiary/aromatic N) is 2. The molecule has 1 amide bonds. The molecule has 1 aromatic heterocycles. The van der Waals surface area contributed by atoms with Gasteiger partial charge >= 0.3 is 0 Å². The van der Waals surface area contributed by atoms with Gasteiger partial charge in [0.2, 0.25) is 5.91 Å². The van der Waals surface area contributed by atoms with E-state index < -0.39 is 0 Å². The summed E-state index contributed by atoms with van der Waals surface area (Å²) in [5, 5.41) is 2.74. The minimum atomic E-state index is -0.341. The maximum absolute atomic E-state index is 13.0. The fourth-order valence-electron chi connectivity index (χ4n) is 2.74. The molecule has 0 saturated heterocycles. The molecular formula is C21H20FN3O3. The van der Waals surface area contributed by atoms with E-state index in [1.165, 1.54) is 22.8 Å². The largest absolute Gasteiger partial charge is 0.497 e. The van der Waals surface area contributed by atoms with Crippen LogP contribution < -0.4 is 15.6 Å². The number of amides is 1. The van der Waals surface area contributed by atoms with Gasteiger partial charge in [0.25, 0.3) is 5.56 Å². The Labute approximate surface area is 161 Å². The average Bonchev–Trinajstić information content (AvgIpc) is 2.69. The predicted octanol–water partition coefficient (Wildman–Crippen LogP) is 2.68. The highest BCUT2D eigenvalue weighted by Crippen LogP contribution is 2.20. The first-order valence-corrected chi connectivity index (χ1v) is 8.70. The van der Waals surface area contributed by atoms with Crippen LogP contribution in [0.3, 0.4) is 0 Å². The van der Waals surface area contributed by atoms with Gasteiger partial charge in [-0.1, -0.05) is 12.1 Å².